The predicted molar refractivity (Wildman–Crippen MR) is 84.7 cm³/mol. The Morgan fingerprint density at radius 2 is 1.62 bits per heavy atom. The molecule has 1 aliphatic rings. The van der Waals surface area contributed by atoms with E-state index in [4.69, 9.17) is 0 Å². The molecule has 1 saturated carbocycles. The van der Waals surface area contributed by atoms with Gasteiger partial charge in [-0.1, -0.05) is 26.7 Å². The van der Waals surface area contributed by atoms with Crippen molar-refractivity contribution in [3.63, 3.8) is 0 Å². The second-order valence-electron chi connectivity index (χ2n) is 5.85. The molecule has 1 N–H and O–H groups in total. The van der Waals surface area contributed by atoms with E-state index in [2.05, 4.69) is 24.2 Å². The number of carbonyl (C=O) groups excluding carboxylic acids is 2. The van der Waals surface area contributed by atoms with Gasteiger partial charge in [0.25, 0.3) is 0 Å². The Balaban J connectivity index is 2.65. The van der Waals surface area contributed by atoms with E-state index < -0.39 is 0 Å². The number of rotatable bonds is 8. The summed E-state index contributed by atoms with van der Waals surface area (Å²) in [7, 11) is 1.78. The Morgan fingerprint density at radius 1 is 1.05 bits per heavy atom. The molecule has 0 aromatic carbocycles. The molecule has 1 amide bonds. The molecule has 0 heterocycles. The first kappa shape index (κ1) is 18.1. The van der Waals surface area contributed by atoms with Crippen LogP contribution in [0.25, 0.3) is 0 Å². The molecule has 5 nitrogen and oxygen atoms in total. The first-order valence-corrected chi connectivity index (χ1v) is 8.26. The average Bonchev–Trinajstić information content (AvgIpc) is 2.51. The van der Waals surface area contributed by atoms with Gasteiger partial charge in [-0.25, -0.2) is 5.43 Å². The summed E-state index contributed by atoms with van der Waals surface area (Å²) in [6.07, 6.45) is 3.81. The number of nitrogens with zero attached hydrogens (tertiary/aromatic N) is 2. The number of hydrazine groups is 1. The number of nitrogens with one attached hydrogen (secondary N) is 1. The molecule has 21 heavy (non-hydrogen) atoms. The van der Waals surface area contributed by atoms with Gasteiger partial charge in [0.1, 0.15) is 5.78 Å². The summed E-state index contributed by atoms with van der Waals surface area (Å²) >= 11 is 0. The highest BCUT2D eigenvalue weighted by molar-refractivity contribution is 5.87. The third-order valence-electron chi connectivity index (χ3n) is 4.68. The largest absolute Gasteiger partial charge is 0.302 e. The molecule has 0 aromatic heterocycles. The molecular formula is C16H31N3O2. The van der Waals surface area contributed by atoms with Crippen LogP contribution in [0.1, 0.15) is 46.5 Å². The number of Topliss-reactive ketones (excluding diaryl/α,β-unsaturated/α-hetero) is 1. The van der Waals surface area contributed by atoms with Gasteiger partial charge < -0.3 is 4.90 Å². The Kier molecular flexibility index (Phi) is 7.89. The van der Waals surface area contributed by atoms with Gasteiger partial charge in [-0.3, -0.25) is 14.6 Å². The van der Waals surface area contributed by atoms with E-state index >= 15 is 0 Å². The Morgan fingerprint density at radius 3 is 2.10 bits per heavy atom. The first-order chi connectivity index (χ1) is 10.0. The molecular weight excluding hydrogens is 266 g/mol. The number of hydrogen-bond acceptors (Lipinski definition) is 4. The van der Waals surface area contributed by atoms with Gasteiger partial charge >= 0.3 is 0 Å². The molecule has 0 spiro atoms. The van der Waals surface area contributed by atoms with Gasteiger partial charge in [-0.2, -0.15) is 0 Å². The quantitative estimate of drug-likeness (QED) is 0.693. The number of carbonyl (C=O) groups is 2. The minimum Gasteiger partial charge on any atom is -0.302 e. The van der Waals surface area contributed by atoms with Gasteiger partial charge in [0, 0.05) is 25.4 Å². The van der Waals surface area contributed by atoms with Gasteiger partial charge in [0.15, 0.2) is 0 Å². The molecule has 1 fully saturated rings. The highest BCUT2D eigenvalue weighted by Crippen LogP contribution is 2.31. The molecule has 0 radical (unpaired) electrons. The van der Waals surface area contributed by atoms with Crippen LogP contribution in [0, 0.1) is 11.8 Å². The third kappa shape index (κ3) is 5.08. The van der Waals surface area contributed by atoms with E-state index in [1.807, 2.05) is 0 Å². The van der Waals surface area contributed by atoms with Gasteiger partial charge in [0.2, 0.25) is 5.91 Å². The van der Waals surface area contributed by atoms with E-state index in [1.54, 1.807) is 19.0 Å². The minimum atomic E-state index is -0.139. The maximum atomic E-state index is 12.7. The van der Waals surface area contributed by atoms with Gasteiger partial charge in [-0.15, -0.1) is 0 Å². The summed E-state index contributed by atoms with van der Waals surface area (Å²) in [6.45, 7) is 9.37. The summed E-state index contributed by atoms with van der Waals surface area (Å²) in [5.41, 5.74) is 3.01. The van der Waals surface area contributed by atoms with E-state index in [0.717, 1.165) is 45.3 Å². The van der Waals surface area contributed by atoms with Crippen molar-refractivity contribution >= 4 is 11.7 Å². The smallest absolute Gasteiger partial charge is 0.240 e. The van der Waals surface area contributed by atoms with Crippen molar-refractivity contribution in [1.29, 1.82) is 0 Å². The minimum absolute atomic E-state index is 0.0875. The lowest BCUT2D eigenvalue weighted by atomic mass is 9.76. The van der Waals surface area contributed by atoms with Crippen LogP contribution in [-0.2, 0) is 9.59 Å². The maximum Gasteiger partial charge on any atom is 0.240 e. The van der Waals surface area contributed by atoms with Crippen LogP contribution < -0.4 is 5.43 Å². The molecule has 0 aliphatic heterocycles. The van der Waals surface area contributed by atoms with E-state index in [0.29, 0.717) is 6.54 Å². The maximum absolute atomic E-state index is 12.7. The van der Waals surface area contributed by atoms with E-state index in [9.17, 15) is 9.59 Å². The number of hydrogen-bond donors (Lipinski definition) is 1. The molecule has 2 unspecified atom stereocenters. The Bertz CT molecular complexity index is 342. The SMILES string of the molecule is CCN(CC)CCN(NC)C(=O)C1CCCCC1C(C)=O. The molecule has 1 aliphatic carbocycles. The lowest BCUT2D eigenvalue weighted by Crippen LogP contribution is -2.50. The molecule has 1 rings (SSSR count). The summed E-state index contributed by atoms with van der Waals surface area (Å²) < 4.78 is 0. The van der Waals surface area contributed by atoms with Crippen molar-refractivity contribution < 1.29 is 9.59 Å². The van der Waals surface area contributed by atoms with Crippen molar-refractivity contribution in [2.75, 3.05) is 33.2 Å². The summed E-state index contributed by atoms with van der Waals surface area (Å²) in [5.74, 6) is 0.0216. The van der Waals surface area contributed by atoms with Crippen LogP contribution in [-0.4, -0.2) is 54.8 Å². The van der Waals surface area contributed by atoms with Crippen LogP contribution in [0.15, 0.2) is 0 Å². The second kappa shape index (κ2) is 9.15. The lowest BCUT2D eigenvalue weighted by molar-refractivity contribution is -0.145. The summed E-state index contributed by atoms with van der Waals surface area (Å²) in [4.78, 5) is 26.8. The van der Waals surface area contributed by atoms with Crippen LogP contribution >= 0.6 is 0 Å². The molecule has 0 bridgehead atoms. The fraction of sp³-hybridized carbons (Fsp3) is 0.875. The van der Waals surface area contributed by atoms with Crippen LogP contribution in [0.3, 0.4) is 0 Å². The summed E-state index contributed by atoms with van der Waals surface area (Å²) in [6, 6.07) is 0. The molecule has 122 valence electrons. The van der Waals surface area contributed by atoms with Crippen LogP contribution in [0.2, 0.25) is 0 Å². The number of likely N-dealkylation sites (N-methyl/N-ethyl adjacent to an activating group) is 1. The van der Waals surface area contributed by atoms with E-state index in [-0.39, 0.29) is 23.5 Å². The third-order valence-corrected chi connectivity index (χ3v) is 4.68. The first-order valence-electron chi connectivity index (χ1n) is 8.26. The van der Waals surface area contributed by atoms with Crippen molar-refractivity contribution in [1.82, 2.24) is 15.3 Å². The second-order valence-corrected chi connectivity index (χ2v) is 5.85. The molecule has 0 saturated heterocycles. The Labute approximate surface area is 129 Å². The van der Waals surface area contributed by atoms with Gasteiger partial charge in [-0.05, 0) is 32.9 Å². The Hall–Kier alpha value is -0.940. The molecule has 5 heteroatoms. The number of ketones is 1. The van der Waals surface area contributed by atoms with Crippen LogP contribution in [0.4, 0.5) is 0 Å². The van der Waals surface area contributed by atoms with Crippen molar-refractivity contribution in [3.8, 4) is 0 Å². The fourth-order valence-electron chi connectivity index (χ4n) is 3.23. The zero-order valence-corrected chi connectivity index (χ0v) is 14.0. The topological polar surface area (TPSA) is 52.6 Å². The molecule has 2 atom stereocenters. The van der Waals surface area contributed by atoms with Crippen LogP contribution in [0.5, 0.6) is 0 Å². The standard InChI is InChI=1S/C16H31N3O2/c1-5-18(6-2)11-12-19(17-4)16(21)15-10-8-7-9-14(15)13(3)20/h14-15,17H,5-12H2,1-4H3. The highest BCUT2D eigenvalue weighted by atomic mass is 16.2. The normalized spacial score (nSPS) is 22.3. The molecule has 0 aromatic rings. The van der Waals surface area contributed by atoms with Gasteiger partial charge in [0.05, 0.1) is 6.54 Å². The fourth-order valence-corrected chi connectivity index (χ4v) is 3.23. The zero-order chi connectivity index (χ0) is 15.8. The lowest BCUT2D eigenvalue weighted by Gasteiger charge is -2.34. The summed E-state index contributed by atoms with van der Waals surface area (Å²) in [5, 5.41) is 1.70. The highest BCUT2D eigenvalue weighted by Gasteiger charge is 2.35. The predicted octanol–water partition coefficient (Wildman–Crippen LogP) is 1.69. The number of amides is 1. The average molecular weight is 297 g/mol. The van der Waals surface area contributed by atoms with E-state index in [1.165, 1.54) is 0 Å². The monoisotopic (exact) mass is 297 g/mol. The van der Waals surface area contributed by atoms with Crippen molar-refractivity contribution in [3.05, 3.63) is 0 Å². The van der Waals surface area contributed by atoms with Crippen molar-refractivity contribution in [2.24, 2.45) is 11.8 Å². The van der Waals surface area contributed by atoms with Crippen molar-refractivity contribution in [2.45, 2.75) is 46.5 Å². The zero-order valence-electron chi connectivity index (χ0n) is 14.0.